The number of benzene rings is 2. The highest BCUT2D eigenvalue weighted by Crippen LogP contribution is 2.26. The molecule has 2 aromatic rings. The molecule has 1 N–H and O–H groups in total. The molecule has 7 nitrogen and oxygen atoms in total. The summed E-state index contributed by atoms with van der Waals surface area (Å²) >= 11 is 0. The maximum Gasteiger partial charge on any atom is 0.257 e. The molecule has 0 saturated carbocycles. The Balaban J connectivity index is 1.87. The van der Waals surface area contributed by atoms with Crippen LogP contribution in [0.3, 0.4) is 0 Å². The number of hydrogen-bond donors (Lipinski definition) is 1. The first-order valence-corrected chi connectivity index (χ1v) is 12.9. The zero-order valence-corrected chi connectivity index (χ0v) is 22.3. The SMILES string of the molecule is CCCC(=O)Nc1ccc2c(c1)C(=O)N(C)C[C@@H](OC)[C@@H](C)CN(CCc1ccccc1)[C@H](C)CO2. The van der Waals surface area contributed by atoms with E-state index >= 15 is 0 Å². The smallest absolute Gasteiger partial charge is 0.257 e. The van der Waals surface area contributed by atoms with Crippen molar-refractivity contribution in [1.29, 1.82) is 0 Å². The third-order valence-corrected chi connectivity index (χ3v) is 6.87. The largest absolute Gasteiger partial charge is 0.491 e. The van der Waals surface area contributed by atoms with E-state index in [2.05, 4.69) is 48.3 Å². The maximum absolute atomic E-state index is 13.5. The van der Waals surface area contributed by atoms with Gasteiger partial charge in [0.25, 0.3) is 5.91 Å². The molecule has 0 aromatic heterocycles. The number of ether oxygens (including phenoxy) is 2. The first-order chi connectivity index (χ1) is 17.3. The number of amides is 2. The molecule has 3 rings (SSSR count). The Hall–Kier alpha value is -2.90. The molecule has 1 aliphatic heterocycles. The lowest BCUT2D eigenvalue weighted by Crippen LogP contribution is -2.47. The van der Waals surface area contributed by atoms with Crippen LogP contribution in [0.25, 0.3) is 0 Å². The molecule has 196 valence electrons. The molecule has 7 heteroatoms. The quantitative estimate of drug-likeness (QED) is 0.614. The molecule has 0 fully saturated rings. The number of carbonyl (C=O) groups is 2. The third kappa shape index (κ3) is 7.55. The van der Waals surface area contributed by atoms with Gasteiger partial charge in [-0.15, -0.1) is 0 Å². The van der Waals surface area contributed by atoms with Crippen molar-refractivity contribution in [2.75, 3.05) is 45.7 Å². The van der Waals surface area contributed by atoms with Gasteiger partial charge in [-0.05, 0) is 49.4 Å². The average Bonchev–Trinajstić information content (AvgIpc) is 2.88. The normalized spacial score (nSPS) is 21.6. The molecular formula is C29H41N3O4. The average molecular weight is 496 g/mol. The zero-order valence-electron chi connectivity index (χ0n) is 22.3. The lowest BCUT2D eigenvalue weighted by molar-refractivity contribution is -0.116. The molecule has 2 aromatic carbocycles. The summed E-state index contributed by atoms with van der Waals surface area (Å²) in [6, 6.07) is 15.9. The summed E-state index contributed by atoms with van der Waals surface area (Å²) in [4.78, 5) is 29.7. The molecule has 0 spiro atoms. The number of nitrogens with zero attached hydrogens (tertiary/aromatic N) is 2. The minimum absolute atomic E-state index is 0.0664. The van der Waals surface area contributed by atoms with Crippen molar-refractivity contribution in [2.24, 2.45) is 5.92 Å². The van der Waals surface area contributed by atoms with Crippen molar-refractivity contribution < 1.29 is 19.1 Å². The Morgan fingerprint density at radius 2 is 1.89 bits per heavy atom. The van der Waals surface area contributed by atoms with Gasteiger partial charge in [0.15, 0.2) is 0 Å². The Labute approximate surface area is 215 Å². The molecule has 3 atom stereocenters. The number of nitrogens with one attached hydrogen (secondary N) is 1. The zero-order chi connectivity index (χ0) is 26.1. The van der Waals surface area contributed by atoms with Gasteiger partial charge in [-0.3, -0.25) is 14.5 Å². The van der Waals surface area contributed by atoms with Gasteiger partial charge in [0.1, 0.15) is 12.4 Å². The Morgan fingerprint density at radius 3 is 2.58 bits per heavy atom. The number of hydrogen-bond acceptors (Lipinski definition) is 5. The fourth-order valence-corrected chi connectivity index (χ4v) is 4.61. The standard InChI is InChI=1S/C29H41N3O4/c1-6-10-28(33)30-24-13-14-26-25(17-24)29(34)31(4)19-27(35-5)21(2)18-32(22(3)20-36-26)16-15-23-11-8-7-9-12-23/h7-9,11-14,17,21-22,27H,6,10,15-16,18-20H2,1-5H3,(H,30,33)/t21-,22+,27+/m0/s1. The minimum atomic E-state index is -0.153. The third-order valence-electron chi connectivity index (χ3n) is 6.87. The maximum atomic E-state index is 13.5. The number of fused-ring (bicyclic) bond motifs is 1. The molecule has 0 bridgehead atoms. The Bertz CT molecular complexity index is 997. The Morgan fingerprint density at radius 1 is 1.14 bits per heavy atom. The highest BCUT2D eigenvalue weighted by molar-refractivity contribution is 5.99. The van der Waals surface area contributed by atoms with Gasteiger partial charge in [0.05, 0.1) is 11.7 Å². The summed E-state index contributed by atoms with van der Waals surface area (Å²) in [5.41, 5.74) is 2.35. The molecule has 0 radical (unpaired) electrons. The predicted molar refractivity (Wildman–Crippen MR) is 144 cm³/mol. The second kappa shape index (κ2) is 13.4. The summed E-state index contributed by atoms with van der Waals surface area (Å²) in [6.07, 6.45) is 2.04. The summed E-state index contributed by atoms with van der Waals surface area (Å²) in [6.45, 7) is 8.96. The summed E-state index contributed by atoms with van der Waals surface area (Å²) in [5, 5.41) is 2.89. The number of carbonyl (C=O) groups excluding carboxylic acids is 2. The van der Waals surface area contributed by atoms with E-state index < -0.39 is 0 Å². The molecule has 0 aliphatic carbocycles. The van der Waals surface area contributed by atoms with Crippen LogP contribution < -0.4 is 10.1 Å². The second-order valence-electron chi connectivity index (χ2n) is 9.84. The Kier molecular flexibility index (Phi) is 10.3. The first kappa shape index (κ1) is 27.7. The lowest BCUT2D eigenvalue weighted by atomic mass is 10.0. The lowest BCUT2D eigenvalue weighted by Gasteiger charge is -2.36. The summed E-state index contributed by atoms with van der Waals surface area (Å²) in [5.74, 6) is 0.517. The van der Waals surface area contributed by atoms with E-state index in [-0.39, 0.29) is 29.9 Å². The van der Waals surface area contributed by atoms with Gasteiger partial charge in [0.2, 0.25) is 5.91 Å². The van der Waals surface area contributed by atoms with Gasteiger partial charge in [-0.1, -0.05) is 44.2 Å². The van der Waals surface area contributed by atoms with E-state index in [0.717, 1.165) is 25.9 Å². The van der Waals surface area contributed by atoms with Crippen LogP contribution in [0.15, 0.2) is 48.5 Å². The molecule has 0 saturated heterocycles. The van der Waals surface area contributed by atoms with Crippen LogP contribution in [0.1, 0.15) is 49.5 Å². The topological polar surface area (TPSA) is 71.1 Å². The second-order valence-corrected chi connectivity index (χ2v) is 9.84. The number of methoxy groups -OCH3 is 1. The van der Waals surface area contributed by atoms with Gasteiger partial charge in [0, 0.05) is 51.9 Å². The fraction of sp³-hybridized carbons (Fsp3) is 0.517. The number of likely N-dealkylation sites (N-methyl/N-ethyl adjacent to an activating group) is 1. The molecule has 36 heavy (non-hydrogen) atoms. The van der Waals surface area contributed by atoms with Gasteiger partial charge >= 0.3 is 0 Å². The first-order valence-electron chi connectivity index (χ1n) is 12.9. The van der Waals surface area contributed by atoms with Crippen LogP contribution in [0.4, 0.5) is 5.69 Å². The van der Waals surface area contributed by atoms with Gasteiger partial charge < -0.3 is 19.7 Å². The predicted octanol–water partition coefficient (Wildman–Crippen LogP) is 4.47. The minimum Gasteiger partial charge on any atom is -0.491 e. The molecule has 1 heterocycles. The van der Waals surface area contributed by atoms with Crippen molar-refractivity contribution in [3.05, 3.63) is 59.7 Å². The van der Waals surface area contributed by atoms with E-state index in [1.807, 2.05) is 13.0 Å². The van der Waals surface area contributed by atoms with Crippen molar-refractivity contribution >= 4 is 17.5 Å². The highest BCUT2D eigenvalue weighted by atomic mass is 16.5. The molecular weight excluding hydrogens is 454 g/mol. The van der Waals surface area contributed by atoms with E-state index in [0.29, 0.717) is 36.6 Å². The summed E-state index contributed by atoms with van der Waals surface area (Å²) < 4.78 is 12.1. The van der Waals surface area contributed by atoms with Gasteiger partial charge in [-0.25, -0.2) is 0 Å². The molecule has 2 amide bonds. The van der Waals surface area contributed by atoms with Crippen LogP contribution in [-0.2, 0) is 16.0 Å². The van der Waals surface area contributed by atoms with Crippen LogP contribution in [0.2, 0.25) is 0 Å². The molecule has 1 aliphatic rings. The van der Waals surface area contributed by atoms with E-state index in [4.69, 9.17) is 9.47 Å². The van der Waals surface area contributed by atoms with Crippen molar-refractivity contribution in [2.45, 2.75) is 52.2 Å². The number of rotatable bonds is 7. The fourth-order valence-electron chi connectivity index (χ4n) is 4.61. The van der Waals surface area contributed by atoms with Crippen LogP contribution in [0.5, 0.6) is 5.75 Å². The van der Waals surface area contributed by atoms with Crippen molar-refractivity contribution in [3.63, 3.8) is 0 Å². The monoisotopic (exact) mass is 495 g/mol. The number of anilines is 1. The molecule has 0 unspecified atom stereocenters. The van der Waals surface area contributed by atoms with Gasteiger partial charge in [-0.2, -0.15) is 0 Å². The van der Waals surface area contributed by atoms with E-state index in [1.54, 1.807) is 37.3 Å². The van der Waals surface area contributed by atoms with Crippen molar-refractivity contribution in [3.8, 4) is 5.75 Å². The van der Waals surface area contributed by atoms with Crippen LogP contribution in [-0.4, -0.2) is 74.2 Å². The van der Waals surface area contributed by atoms with Crippen LogP contribution in [0, 0.1) is 5.92 Å². The van der Waals surface area contributed by atoms with Crippen LogP contribution >= 0.6 is 0 Å². The van der Waals surface area contributed by atoms with E-state index in [1.165, 1.54) is 5.56 Å². The van der Waals surface area contributed by atoms with Crippen molar-refractivity contribution in [1.82, 2.24) is 9.80 Å². The summed E-state index contributed by atoms with van der Waals surface area (Å²) in [7, 11) is 3.50. The highest BCUT2D eigenvalue weighted by Gasteiger charge is 2.28. The van der Waals surface area contributed by atoms with E-state index in [9.17, 15) is 9.59 Å².